The molecule has 7 heteroatoms. The number of halogens is 1. The average molecular weight is 486 g/mol. The zero-order chi connectivity index (χ0) is 22.8. The number of nitrogens with one attached hydrogen (secondary N) is 1. The zero-order valence-corrected chi connectivity index (χ0v) is 18.5. The van der Waals surface area contributed by atoms with Crippen LogP contribution in [-0.2, 0) is 0 Å². The molecule has 0 aliphatic carbocycles. The highest BCUT2D eigenvalue weighted by Crippen LogP contribution is 2.32. The molecule has 156 valence electrons. The maximum absolute atomic E-state index is 13.5. The fourth-order valence-electron chi connectivity index (χ4n) is 3.56. The molecule has 0 spiro atoms. The molecule has 0 bridgehead atoms. The lowest BCUT2D eigenvalue weighted by Crippen LogP contribution is -2.16. The summed E-state index contributed by atoms with van der Waals surface area (Å²) in [4.78, 5) is 29.4. The number of aromatic carboxylic acids is 1. The molecule has 0 unspecified atom stereocenters. The van der Waals surface area contributed by atoms with E-state index in [1.54, 1.807) is 0 Å². The van der Waals surface area contributed by atoms with Gasteiger partial charge in [0, 0.05) is 15.4 Å². The van der Waals surface area contributed by atoms with Crippen molar-refractivity contribution in [1.82, 2.24) is 4.98 Å². The molecule has 2 N–H and O–H groups in total. The molecule has 32 heavy (non-hydrogen) atoms. The standard InChI is InChI=1S/C25H16BrN3O3/c1-14-22(24(30)29-20-9-7-16(25(31)32)11-17(20)13-27)19-12-18(26)8-10-21(19)28-23(14)15-5-3-2-4-6-15/h2-12H,1H3,(H,29,30)(H,31,32). The number of hydrogen-bond acceptors (Lipinski definition) is 4. The van der Waals surface area contributed by atoms with Gasteiger partial charge in [-0.3, -0.25) is 4.79 Å². The topological polar surface area (TPSA) is 103 Å². The predicted molar refractivity (Wildman–Crippen MR) is 126 cm³/mol. The molecule has 1 heterocycles. The second kappa shape index (κ2) is 8.61. The minimum Gasteiger partial charge on any atom is -0.478 e. The van der Waals surface area contributed by atoms with Crippen molar-refractivity contribution >= 4 is 44.4 Å². The number of nitriles is 1. The largest absolute Gasteiger partial charge is 0.478 e. The number of rotatable bonds is 4. The third kappa shape index (κ3) is 3.96. The van der Waals surface area contributed by atoms with Crippen LogP contribution in [0.25, 0.3) is 22.2 Å². The monoisotopic (exact) mass is 485 g/mol. The van der Waals surface area contributed by atoms with Gasteiger partial charge in [-0.05, 0) is 48.9 Å². The highest BCUT2D eigenvalue weighted by Gasteiger charge is 2.20. The lowest BCUT2D eigenvalue weighted by Gasteiger charge is -2.16. The minimum atomic E-state index is -1.15. The maximum Gasteiger partial charge on any atom is 0.335 e. The number of amides is 1. The molecule has 4 rings (SSSR count). The number of carbonyl (C=O) groups is 2. The Labute approximate surface area is 192 Å². The van der Waals surface area contributed by atoms with E-state index in [1.807, 2.05) is 61.5 Å². The van der Waals surface area contributed by atoms with Gasteiger partial charge in [0.15, 0.2) is 0 Å². The number of fused-ring (bicyclic) bond motifs is 1. The first-order chi connectivity index (χ1) is 15.4. The van der Waals surface area contributed by atoms with Gasteiger partial charge in [-0.1, -0.05) is 46.3 Å². The molecule has 3 aromatic carbocycles. The van der Waals surface area contributed by atoms with Crippen LogP contribution in [0.2, 0.25) is 0 Å². The molecule has 1 amide bonds. The smallest absolute Gasteiger partial charge is 0.335 e. The van der Waals surface area contributed by atoms with Crippen molar-refractivity contribution in [3.8, 4) is 17.3 Å². The molecular formula is C25H16BrN3O3. The van der Waals surface area contributed by atoms with E-state index < -0.39 is 11.9 Å². The van der Waals surface area contributed by atoms with Crippen LogP contribution >= 0.6 is 15.9 Å². The fraction of sp³-hybridized carbons (Fsp3) is 0.0400. The van der Waals surface area contributed by atoms with E-state index in [0.717, 1.165) is 10.0 Å². The number of carboxylic acids is 1. The number of pyridine rings is 1. The van der Waals surface area contributed by atoms with Crippen LogP contribution in [0.1, 0.15) is 31.8 Å². The first kappa shape index (κ1) is 21.2. The molecule has 0 fully saturated rings. The van der Waals surface area contributed by atoms with Gasteiger partial charge in [0.05, 0.1) is 33.6 Å². The number of benzene rings is 3. The summed E-state index contributed by atoms with van der Waals surface area (Å²) < 4.78 is 0.802. The van der Waals surface area contributed by atoms with Gasteiger partial charge in [-0.15, -0.1) is 0 Å². The summed E-state index contributed by atoms with van der Waals surface area (Å²) in [6.45, 7) is 1.84. The molecule has 0 atom stereocenters. The van der Waals surface area contributed by atoms with Crippen molar-refractivity contribution in [3.63, 3.8) is 0 Å². The normalized spacial score (nSPS) is 10.5. The summed E-state index contributed by atoms with van der Waals surface area (Å²) >= 11 is 3.46. The van der Waals surface area contributed by atoms with E-state index >= 15 is 0 Å². The van der Waals surface area contributed by atoms with E-state index in [0.29, 0.717) is 27.7 Å². The summed E-state index contributed by atoms with van der Waals surface area (Å²) in [5, 5.41) is 22.1. The summed E-state index contributed by atoms with van der Waals surface area (Å²) in [5.41, 5.74) is 3.63. The van der Waals surface area contributed by atoms with Crippen molar-refractivity contribution in [1.29, 1.82) is 5.26 Å². The molecule has 0 aliphatic heterocycles. The van der Waals surface area contributed by atoms with Crippen LogP contribution in [0, 0.1) is 18.3 Å². The summed E-state index contributed by atoms with van der Waals surface area (Å²) in [6, 6.07) is 21.1. The van der Waals surface area contributed by atoms with Gasteiger partial charge in [-0.25, -0.2) is 9.78 Å². The van der Waals surface area contributed by atoms with Crippen LogP contribution < -0.4 is 5.32 Å². The molecule has 1 aromatic heterocycles. The van der Waals surface area contributed by atoms with Crippen LogP contribution in [0.3, 0.4) is 0 Å². The molecule has 0 saturated carbocycles. The maximum atomic E-state index is 13.5. The Morgan fingerprint density at radius 3 is 2.50 bits per heavy atom. The van der Waals surface area contributed by atoms with Gasteiger partial charge in [0.1, 0.15) is 6.07 Å². The Morgan fingerprint density at radius 2 is 1.81 bits per heavy atom. The predicted octanol–water partition coefficient (Wildman–Crippen LogP) is 5.79. The Morgan fingerprint density at radius 1 is 1.06 bits per heavy atom. The second-order valence-corrected chi connectivity index (χ2v) is 8.04. The van der Waals surface area contributed by atoms with Gasteiger partial charge in [0.25, 0.3) is 5.91 Å². The van der Waals surface area contributed by atoms with Crippen molar-refractivity contribution in [2.45, 2.75) is 6.92 Å². The van der Waals surface area contributed by atoms with Crippen LogP contribution in [-0.4, -0.2) is 22.0 Å². The highest BCUT2D eigenvalue weighted by atomic mass is 79.9. The molecule has 0 saturated heterocycles. The van der Waals surface area contributed by atoms with E-state index in [1.165, 1.54) is 18.2 Å². The SMILES string of the molecule is Cc1c(-c2ccccc2)nc2ccc(Br)cc2c1C(=O)Nc1ccc(C(=O)O)cc1C#N. The van der Waals surface area contributed by atoms with E-state index in [-0.39, 0.29) is 16.8 Å². The first-order valence-corrected chi connectivity index (χ1v) is 10.4. The van der Waals surface area contributed by atoms with Crippen LogP contribution in [0.4, 0.5) is 5.69 Å². The Bertz CT molecular complexity index is 1430. The van der Waals surface area contributed by atoms with Crippen molar-refractivity contribution in [3.05, 3.63) is 93.5 Å². The molecular weight excluding hydrogens is 470 g/mol. The van der Waals surface area contributed by atoms with E-state index in [2.05, 4.69) is 21.2 Å². The number of aromatic nitrogens is 1. The number of anilines is 1. The van der Waals surface area contributed by atoms with Gasteiger partial charge >= 0.3 is 5.97 Å². The minimum absolute atomic E-state index is 0.0274. The second-order valence-electron chi connectivity index (χ2n) is 7.12. The molecule has 4 aromatic rings. The Balaban J connectivity index is 1.87. The van der Waals surface area contributed by atoms with Crippen LogP contribution in [0.15, 0.2) is 71.2 Å². The summed E-state index contributed by atoms with van der Waals surface area (Å²) in [7, 11) is 0. The number of carboxylic acid groups (broad SMARTS) is 1. The average Bonchev–Trinajstić information content (AvgIpc) is 2.79. The lowest BCUT2D eigenvalue weighted by molar-refractivity contribution is 0.0696. The third-order valence-corrected chi connectivity index (χ3v) is 5.59. The third-order valence-electron chi connectivity index (χ3n) is 5.10. The van der Waals surface area contributed by atoms with Crippen molar-refractivity contribution in [2.75, 3.05) is 5.32 Å². The van der Waals surface area contributed by atoms with Gasteiger partial charge in [-0.2, -0.15) is 5.26 Å². The summed E-state index contributed by atoms with van der Waals surface area (Å²) in [6.07, 6.45) is 0. The van der Waals surface area contributed by atoms with E-state index in [9.17, 15) is 14.9 Å². The number of carbonyl (C=O) groups excluding carboxylic acids is 1. The van der Waals surface area contributed by atoms with Crippen LogP contribution in [0.5, 0.6) is 0 Å². The molecule has 0 radical (unpaired) electrons. The number of nitrogens with zero attached hydrogens (tertiary/aromatic N) is 2. The van der Waals surface area contributed by atoms with Crippen molar-refractivity contribution in [2.24, 2.45) is 0 Å². The molecule has 0 aliphatic rings. The zero-order valence-electron chi connectivity index (χ0n) is 16.9. The highest BCUT2D eigenvalue weighted by molar-refractivity contribution is 9.10. The Hall–Kier alpha value is -4.02. The van der Waals surface area contributed by atoms with Crippen molar-refractivity contribution < 1.29 is 14.7 Å². The van der Waals surface area contributed by atoms with Gasteiger partial charge < -0.3 is 10.4 Å². The fourth-order valence-corrected chi connectivity index (χ4v) is 3.93. The lowest BCUT2D eigenvalue weighted by atomic mass is 9.97. The van der Waals surface area contributed by atoms with Gasteiger partial charge in [0.2, 0.25) is 0 Å². The Kier molecular flexibility index (Phi) is 5.71. The first-order valence-electron chi connectivity index (χ1n) is 9.63. The molecule has 6 nitrogen and oxygen atoms in total. The number of hydrogen-bond donors (Lipinski definition) is 2. The summed E-state index contributed by atoms with van der Waals surface area (Å²) in [5.74, 6) is -1.56. The quantitative estimate of drug-likeness (QED) is 0.380. The van der Waals surface area contributed by atoms with E-state index in [4.69, 9.17) is 10.1 Å².